The minimum absolute atomic E-state index is 0.290. The Hall–Kier alpha value is -0.370. The Labute approximate surface area is 80.7 Å². The fourth-order valence-corrected chi connectivity index (χ4v) is 1.34. The molecule has 0 bridgehead atoms. The smallest absolute Gasteiger partial charge is 0.129 e. The molecule has 0 N–H and O–H groups in total. The van der Waals surface area contributed by atoms with Gasteiger partial charge >= 0.3 is 0 Å². The van der Waals surface area contributed by atoms with Crippen LogP contribution in [0.5, 0.6) is 0 Å². The van der Waals surface area contributed by atoms with E-state index in [1.165, 1.54) is 19.3 Å². The molecule has 2 heteroatoms. The highest BCUT2D eigenvalue weighted by Crippen LogP contribution is 2.32. The summed E-state index contributed by atoms with van der Waals surface area (Å²) in [5.74, 6) is 1.26. The van der Waals surface area contributed by atoms with Crippen molar-refractivity contribution >= 4 is 5.78 Å². The van der Waals surface area contributed by atoms with E-state index >= 15 is 0 Å². The van der Waals surface area contributed by atoms with Gasteiger partial charge in [0.2, 0.25) is 0 Å². The van der Waals surface area contributed by atoms with Gasteiger partial charge in [0.15, 0.2) is 0 Å². The minimum atomic E-state index is 0.290. The summed E-state index contributed by atoms with van der Waals surface area (Å²) in [7, 11) is 0. The van der Waals surface area contributed by atoms with E-state index in [9.17, 15) is 4.79 Å². The van der Waals surface area contributed by atoms with E-state index in [2.05, 4.69) is 0 Å². The predicted octanol–water partition coefficient (Wildman–Crippen LogP) is 2.56. The van der Waals surface area contributed by atoms with Crippen LogP contribution in [-0.2, 0) is 9.53 Å². The molecule has 0 radical (unpaired) electrons. The van der Waals surface area contributed by atoms with Crippen LogP contribution in [0.15, 0.2) is 0 Å². The Balaban J connectivity index is 1.70. The topological polar surface area (TPSA) is 26.3 Å². The number of unbranched alkanes of at least 4 members (excludes halogenated alkanes) is 1. The zero-order valence-electron chi connectivity index (χ0n) is 8.55. The average molecular weight is 184 g/mol. The first-order valence-electron chi connectivity index (χ1n) is 5.36. The van der Waals surface area contributed by atoms with Gasteiger partial charge in [0.25, 0.3) is 0 Å². The summed E-state index contributed by atoms with van der Waals surface area (Å²) >= 11 is 0. The molecular formula is C11H20O2. The van der Waals surface area contributed by atoms with Crippen molar-refractivity contribution in [3.8, 4) is 0 Å². The van der Waals surface area contributed by atoms with Crippen molar-refractivity contribution in [3.63, 3.8) is 0 Å². The highest BCUT2D eigenvalue weighted by molar-refractivity contribution is 5.75. The number of Topliss-reactive ketones (excluding diaryl/α,β-unsaturated/α-hetero) is 1. The second-order valence-corrected chi connectivity index (χ2v) is 4.00. The molecule has 0 spiro atoms. The summed E-state index contributed by atoms with van der Waals surface area (Å²) in [4.78, 5) is 10.6. The van der Waals surface area contributed by atoms with Gasteiger partial charge in [0.05, 0.1) is 0 Å². The van der Waals surface area contributed by atoms with Gasteiger partial charge < -0.3 is 9.53 Å². The maximum atomic E-state index is 10.6. The highest BCUT2D eigenvalue weighted by Gasteiger charge is 2.20. The highest BCUT2D eigenvalue weighted by atomic mass is 16.5. The van der Waals surface area contributed by atoms with Crippen molar-refractivity contribution in [2.24, 2.45) is 5.92 Å². The lowest BCUT2D eigenvalue weighted by Gasteiger charge is -2.02. The van der Waals surface area contributed by atoms with Crippen molar-refractivity contribution in [2.75, 3.05) is 13.2 Å². The third kappa shape index (κ3) is 6.76. The molecule has 1 fully saturated rings. The number of hydrogen-bond acceptors (Lipinski definition) is 2. The van der Waals surface area contributed by atoms with Crippen LogP contribution < -0.4 is 0 Å². The van der Waals surface area contributed by atoms with Crippen LogP contribution >= 0.6 is 0 Å². The SMILES string of the molecule is CC(=O)CCCCOCCC1CC1. The minimum Gasteiger partial charge on any atom is -0.381 e. The molecule has 0 aromatic heterocycles. The summed E-state index contributed by atoms with van der Waals surface area (Å²) < 4.78 is 5.45. The standard InChI is InChI=1S/C11H20O2/c1-10(12)4-2-3-8-13-9-7-11-5-6-11/h11H,2-9H2,1H3. The maximum absolute atomic E-state index is 10.6. The third-order valence-corrected chi connectivity index (χ3v) is 2.43. The molecule has 0 atom stereocenters. The van der Waals surface area contributed by atoms with Crippen molar-refractivity contribution in [1.82, 2.24) is 0 Å². The number of hydrogen-bond donors (Lipinski definition) is 0. The largest absolute Gasteiger partial charge is 0.381 e. The van der Waals surface area contributed by atoms with E-state index in [4.69, 9.17) is 4.74 Å². The fraction of sp³-hybridized carbons (Fsp3) is 0.909. The maximum Gasteiger partial charge on any atom is 0.129 e. The average Bonchev–Trinajstić information content (AvgIpc) is 2.86. The first kappa shape index (κ1) is 10.7. The van der Waals surface area contributed by atoms with E-state index < -0.39 is 0 Å². The summed E-state index contributed by atoms with van der Waals surface area (Å²) in [5, 5.41) is 0. The molecule has 2 nitrogen and oxygen atoms in total. The molecule has 13 heavy (non-hydrogen) atoms. The lowest BCUT2D eigenvalue weighted by atomic mass is 10.2. The van der Waals surface area contributed by atoms with Crippen LogP contribution in [0.25, 0.3) is 0 Å². The zero-order valence-corrected chi connectivity index (χ0v) is 8.55. The van der Waals surface area contributed by atoms with Gasteiger partial charge in [-0.25, -0.2) is 0 Å². The Morgan fingerprint density at radius 1 is 1.31 bits per heavy atom. The molecule has 0 aliphatic heterocycles. The van der Waals surface area contributed by atoms with E-state index in [1.807, 2.05) is 0 Å². The van der Waals surface area contributed by atoms with Crippen molar-refractivity contribution in [1.29, 1.82) is 0 Å². The van der Waals surface area contributed by atoms with Crippen molar-refractivity contribution < 1.29 is 9.53 Å². The zero-order chi connectivity index (χ0) is 9.52. The molecule has 1 aliphatic rings. The number of ketones is 1. The number of ether oxygens (including phenoxy) is 1. The first-order valence-corrected chi connectivity index (χ1v) is 5.36. The van der Waals surface area contributed by atoms with Gasteiger partial charge in [-0.05, 0) is 32.1 Å². The summed E-state index contributed by atoms with van der Waals surface area (Å²) in [5.41, 5.74) is 0. The monoisotopic (exact) mass is 184 g/mol. The lowest BCUT2D eigenvalue weighted by Crippen LogP contribution is -1.99. The van der Waals surface area contributed by atoms with Crippen LogP contribution in [0.3, 0.4) is 0 Å². The van der Waals surface area contributed by atoms with Gasteiger partial charge in [0, 0.05) is 19.6 Å². The van der Waals surface area contributed by atoms with Gasteiger partial charge in [-0.2, -0.15) is 0 Å². The van der Waals surface area contributed by atoms with Gasteiger partial charge in [-0.15, -0.1) is 0 Å². The molecule has 0 aromatic carbocycles. The first-order chi connectivity index (χ1) is 6.29. The molecule has 0 heterocycles. The molecule has 0 aromatic rings. The molecular weight excluding hydrogens is 164 g/mol. The Kier molecular flexibility index (Phi) is 5.06. The number of carbonyl (C=O) groups is 1. The summed E-state index contributed by atoms with van der Waals surface area (Å²) in [6.45, 7) is 3.40. The van der Waals surface area contributed by atoms with Crippen LogP contribution in [0.1, 0.15) is 45.4 Å². The van der Waals surface area contributed by atoms with E-state index in [0.717, 1.165) is 32.0 Å². The lowest BCUT2D eigenvalue weighted by molar-refractivity contribution is -0.117. The van der Waals surface area contributed by atoms with E-state index in [-0.39, 0.29) is 5.78 Å². The van der Waals surface area contributed by atoms with Gasteiger partial charge in [-0.3, -0.25) is 0 Å². The third-order valence-electron chi connectivity index (χ3n) is 2.43. The van der Waals surface area contributed by atoms with Crippen molar-refractivity contribution in [2.45, 2.75) is 45.4 Å². The van der Waals surface area contributed by atoms with Crippen molar-refractivity contribution in [3.05, 3.63) is 0 Å². The Bertz CT molecular complexity index is 150. The summed E-state index contributed by atoms with van der Waals surface area (Å²) in [6, 6.07) is 0. The van der Waals surface area contributed by atoms with Crippen LogP contribution in [0.2, 0.25) is 0 Å². The molecule has 1 rings (SSSR count). The number of rotatable bonds is 8. The van der Waals surface area contributed by atoms with Crippen LogP contribution in [-0.4, -0.2) is 19.0 Å². The number of carbonyl (C=O) groups excluding carboxylic acids is 1. The quantitative estimate of drug-likeness (QED) is 0.542. The Morgan fingerprint density at radius 3 is 2.69 bits per heavy atom. The molecule has 76 valence electrons. The molecule has 0 unspecified atom stereocenters. The molecule has 1 aliphatic carbocycles. The normalized spacial score (nSPS) is 16.1. The molecule has 0 saturated heterocycles. The summed E-state index contributed by atoms with van der Waals surface area (Å²) in [6.07, 6.45) is 6.79. The molecule has 0 amide bonds. The van der Waals surface area contributed by atoms with E-state index in [1.54, 1.807) is 6.92 Å². The van der Waals surface area contributed by atoms with Gasteiger partial charge in [0.1, 0.15) is 5.78 Å². The molecule has 1 saturated carbocycles. The van der Waals surface area contributed by atoms with Crippen LogP contribution in [0.4, 0.5) is 0 Å². The van der Waals surface area contributed by atoms with E-state index in [0.29, 0.717) is 6.42 Å². The van der Waals surface area contributed by atoms with Gasteiger partial charge in [-0.1, -0.05) is 12.8 Å². The fourth-order valence-electron chi connectivity index (χ4n) is 1.34. The second kappa shape index (κ2) is 6.14. The van der Waals surface area contributed by atoms with Crippen LogP contribution in [0, 0.1) is 5.92 Å². The second-order valence-electron chi connectivity index (χ2n) is 4.00. The predicted molar refractivity (Wildman–Crippen MR) is 52.7 cm³/mol. The Morgan fingerprint density at radius 2 is 2.08 bits per heavy atom.